The fraction of sp³-hybridized carbons (Fsp3) is 0.818. The Kier molecular flexibility index (Phi) is 4.47. The molecule has 96 valence electrons. The molecule has 6 nitrogen and oxygen atoms in total. The van der Waals surface area contributed by atoms with Crippen molar-refractivity contribution >= 4 is 0 Å². The maximum Gasteiger partial charge on any atom is 0.0967 e. The van der Waals surface area contributed by atoms with Gasteiger partial charge < -0.3 is 10.5 Å². The van der Waals surface area contributed by atoms with Gasteiger partial charge in [-0.05, 0) is 12.8 Å². The molecule has 0 atom stereocenters. The minimum atomic E-state index is 0.430. The van der Waals surface area contributed by atoms with E-state index in [1.807, 2.05) is 6.20 Å². The van der Waals surface area contributed by atoms with E-state index in [-0.39, 0.29) is 0 Å². The zero-order valence-electron chi connectivity index (χ0n) is 10.4. The molecule has 1 aliphatic heterocycles. The quantitative estimate of drug-likeness (QED) is 0.773. The summed E-state index contributed by atoms with van der Waals surface area (Å²) in [5.74, 6) is 0. The number of rotatable bonds is 5. The van der Waals surface area contributed by atoms with Crippen molar-refractivity contribution < 1.29 is 4.74 Å². The molecule has 17 heavy (non-hydrogen) atoms. The van der Waals surface area contributed by atoms with E-state index < -0.39 is 0 Å². The third kappa shape index (κ3) is 3.49. The number of methoxy groups -OCH3 is 1. The molecule has 0 aromatic carbocycles. The minimum Gasteiger partial charge on any atom is -0.381 e. The summed E-state index contributed by atoms with van der Waals surface area (Å²) in [4.78, 5) is 2.40. The van der Waals surface area contributed by atoms with Gasteiger partial charge in [-0.15, -0.1) is 5.10 Å². The highest BCUT2D eigenvalue weighted by atomic mass is 16.5. The van der Waals surface area contributed by atoms with Gasteiger partial charge in [0.05, 0.1) is 18.3 Å². The summed E-state index contributed by atoms with van der Waals surface area (Å²) < 4.78 is 7.16. The van der Waals surface area contributed by atoms with Gasteiger partial charge in [-0.2, -0.15) is 0 Å². The third-order valence-corrected chi connectivity index (χ3v) is 3.20. The first-order chi connectivity index (χ1) is 8.31. The van der Waals surface area contributed by atoms with Crippen LogP contribution in [-0.2, 0) is 17.8 Å². The van der Waals surface area contributed by atoms with Gasteiger partial charge in [0.1, 0.15) is 0 Å². The van der Waals surface area contributed by atoms with E-state index in [1.165, 1.54) is 0 Å². The van der Waals surface area contributed by atoms with Crippen molar-refractivity contribution in [1.82, 2.24) is 19.9 Å². The van der Waals surface area contributed by atoms with E-state index in [4.69, 9.17) is 10.5 Å². The summed E-state index contributed by atoms with van der Waals surface area (Å²) in [5, 5.41) is 8.19. The lowest BCUT2D eigenvalue weighted by molar-refractivity contribution is 0.0385. The standard InChI is InChI=1S/C11H21N5O/c1-17-11-2-5-15(6-3-11)8-10-9-16(7-4-12)14-13-10/h9,11H,2-8,12H2,1H3. The molecule has 1 saturated heterocycles. The lowest BCUT2D eigenvalue weighted by Gasteiger charge is -2.30. The summed E-state index contributed by atoms with van der Waals surface area (Å²) in [7, 11) is 1.79. The molecule has 0 radical (unpaired) electrons. The number of hydrogen-bond donors (Lipinski definition) is 1. The Balaban J connectivity index is 1.80. The fourth-order valence-corrected chi connectivity index (χ4v) is 2.18. The average Bonchev–Trinajstić information content (AvgIpc) is 2.78. The van der Waals surface area contributed by atoms with Crippen LogP contribution in [0.5, 0.6) is 0 Å². The third-order valence-electron chi connectivity index (χ3n) is 3.20. The number of ether oxygens (including phenoxy) is 1. The Bertz CT molecular complexity index is 332. The minimum absolute atomic E-state index is 0.430. The van der Waals surface area contributed by atoms with Crippen LogP contribution in [0.4, 0.5) is 0 Å². The molecular formula is C11H21N5O. The van der Waals surface area contributed by atoms with Gasteiger partial charge in [0.15, 0.2) is 0 Å². The maximum absolute atomic E-state index is 5.47. The molecule has 0 amide bonds. The molecule has 0 unspecified atom stereocenters. The summed E-state index contributed by atoms with van der Waals surface area (Å²) in [6, 6.07) is 0. The predicted octanol–water partition coefficient (Wildman–Crippen LogP) is -0.152. The van der Waals surface area contributed by atoms with Crippen molar-refractivity contribution in [3.63, 3.8) is 0 Å². The maximum atomic E-state index is 5.47. The number of aromatic nitrogens is 3. The molecule has 0 bridgehead atoms. The number of nitrogens with two attached hydrogens (primary N) is 1. The van der Waals surface area contributed by atoms with Crippen LogP contribution in [0.2, 0.25) is 0 Å². The van der Waals surface area contributed by atoms with Gasteiger partial charge in [0.2, 0.25) is 0 Å². The van der Waals surface area contributed by atoms with E-state index in [9.17, 15) is 0 Å². The molecule has 2 rings (SSSR count). The Morgan fingerprint density at radius 3 is 2.88 bits per heavy atom. The van der Waals surface area contributed by atoms with Crippen LogP contribution < -0.4 is 5.73 Å². The summed E-state index contributed by atoms with van der Waals surface area (Å²) >= 11 is 0. The Morgan fingerprint density at radius 2 is 2.24 bits per heavy atom. The summed E-state index contributed by atoms with van der Waals surface area (Å²) in [6.07, 6.45) is 4.62. The highest BCUT2D eigenvalue weighted by molar-refractivity contribution is 4.93. The van der Waals surface area contributed by atoms with Crippen molar-refractivity contribution in [2.24, 2.45) is 5.73 Å². The van der Waals surface area contributed by atoms with E-state index >= 15 is 0 Å². The van der Waals surface area contributed by atoms with Crippen LogP contribution in [-0.4, -0.2) is 52.7 Å². The molecule has 0 saturated carbocycles. The normalized spacial score (nSPS) is 18.7. The van der Waals surface area contributed by atoms with Crippen LogP contribution >= 0.6 is 0 Å². The molecule has 1 aromatic heterocycles. The van der Waals surface area contributed by atoms with Gasteiger partial charge in [0.25, 0.3) is 0 Å². The second kappa shape index (κ2) is 6.09. The van der Waals surface area contributed by atoms with E-state index in [1.54, 1.807) is 11.8 Å². The molecule has 1 aromatic rings. The molecule has 0 aliphatic carbocycles. The first-order valence-electron chi connectivity index (χ1n) is 6.16. The van der Waals surface area contributed by atoms with Crippen LogP contribution in [0.15, 0.2) is 6.20 Å². The van der Waals surface area contributed by atoms with E-state index in [2.05, 4.69) is 15.2 Å². The Labute approximate surface area is 102 Å². The first-order valence-corrected chi connectivity index (χ1v) is 6.16. The fourth-order valence-electron chi connectivity index (χ4n) is 2.18. The highest BCUT2D eigenvalue weighted by Crippen LogP contribution is 2.14. The van der Waals surface area contributed by atoms with E-state index in [0.717, 1.165) is 44.7 Å². The van der Waals surface area contributed by atoms with Crippen LogP contribution in [0.1, 0.15) is 18.5 Å². The topological polar surface area (TPSA) is 69.2 Å². The van der Waals surface area contributed by atoms with E-state index in [0.29, 0.717) is 12.6 Å². The summed E-state index contributed by atoms with van der Waals surface area (Å²) in [5.41, 5.74) is 6.49. The summed E-state index contributed by atoms with van der Waals surface area (Å²) in [6.45, 7) is 4.35. The largest absolute Gasteiger partial charge is 0.381 e. The number of nitrogens with zero attached hydrogens (tertiary/aromatic N) is 4. The molecular weight excluding hydrogens is 218 g/mol. The number of likely N-dealkylation sites (tertiary alicyclic amines) is 1. The molecule has 1 aliphatic rings. The average molecular weight is 239 g/mol. The molecule has 0 spiro atoms. The molecule has 2 N–H and O–H groups in total. The highest BCUT2D eigenvalue weighted by Gasteiger charge is 2.19. The monoisotopic (exact) mass is 239 g/mol. The van der Waals surface area contributed by atoms with Crippen molar-refractivity contribution in [2.45, 2.75) is 32.0 Å². The van der Waals surface area contributed by atoms with Crippen molar-refractivity contribution in [3.8, 4) is 0 Å². The van der Waals surface area contributed by atoms with Gasteiger partial charge in [-0.3, -0.25) is 9.58 Å². The number of hydrogen-bond acceptors (Lipinski definition) is 5. The van der Waals surface area contributed by atoms with Crippen LogP contribution in [0.25, 0.3) is 0 Å². The zero-order valence-corrected chi connectivity index (χ0v) is 10.4. The van der Waals surface area contributed by atoms with Crippen molar-refractivity contribution in [1.29, 1.82) is 0 Å². The van der Waals surface area contributed by atoms with Gasteiger partial charge in [-0.1, -0.05) is 5.21 Å². The van der Waals surface area contributed by atoms with Gasteiger partial charge in [0, 0.05) is 39.5 Å². The van der Waals surface area contributed by atoms with Crippen molar-refractivity contribution in [2.75, 3.05) is 26.7 Å². The van der Waals surface area contributed by atoms with Gasteiger partial charge >= 0.3 is 0 Å². The number of piperidine rings is 1. The van der Waals surface area contributed by atoms with Crippen LogP contribution in [0.3, 0.4) is 0 Å². The zero-order chi connectivity index (χ0) is 12.1. The first kappa shape index (κ1) is 12.5. The molecule has 6 heteroatoms. The van der Waals surface area contributed by atoms with Gasteiger partial charge in [-0.25, -0.2) is 0 Å². The second-order valence-electron chi connectivity index (χ2n) is 4.47. The SMILES string of the molecule is COC1CCN(Cc2cn(CCN)nn2)CC1. The lowest BCUT2D eigenvalue weighted by atomic mass is 10.1. The second-order valence-corrected chi connectivity index (χ2v) is 4.47. The van der Waals surface area contributed by atoms with Crippen molar-refractivity contribution in [3.05, 3.63) is 11.9 Å². The lowest BCUT2D eigenvalue weighted by Crippen LogP contribution is -2.36. The Hall–Kier alpha value is -0.980. The Morgan fingerprint density at radius 1 is 1.47 bits per heavy atom. The molecule has 1 fully saturated rings. The van der Waals surface area contributed by atoms with Crippen LogP contribution in [0, 0.1) is 0 Å². The smallest absolute Gasteiger partial charge is 0.0967 e. The predicted molar refractivity (Wildman–Crippen MR) is 64.4 cm³/mol. The molecule has 2 heterocycles.